The number of ether oxygens (including phenoxy) is 1. The summed E-state index contributed by atoms with van der Waals surface area (Å²) in [6.07, 6.45) is 0. The second-order valence-electron chi connectivity index (χ2n) is 5.81. The maximum Gasteiger partial charge on any atom is 0.221 e. The highest BCUT2D eigenvalue weighted by Crippen LogP contribution is 2.36. The Kier molecular flexibility index (Phi) is 8.62. The van der Waals surface area contributed by atoms with Gasteiger partial charge in [0.05, 0.1) is 34.4 Å². The van der Waals surface area contributed by atoms with Gasteiger partial charge in [-0.1, -0.05) is 0 Å². The van der Waals surface area contributed by atoms with Gasteiger partial charge < -0.3 is 25.0 Å². The van der Waals surface area contributed by atoms with Crippen molar-refractivity contribution < 1.29 is 36.6 Å². The molecule has 10 nitrogen and oxygen atoms in total. The van der Waals surface area contributed by atoms with Gasteiger partial charge in [0.25, 0.3) is 0 Å². The summed E-state index contributed by atoms with van der Waals surface area (Å²) in [5.41, 5.74) is 0.333. The first kappa shape index (κ1) is 23.6. The molecule has 162 valence electrons. The Morgan fingerprint density at radius 2 is 1.43 bits per heavy atom. The Hall–Kier alpha value is -2.64. The SMILES string of the molecule is CC(=O)Nc1cc(S(=O)O)ccc1Oc1ccc(S(=O)OCCO)cc1NC(C)=O. The number of benzene rings is 2. The van der Waals surface area contributed by atoms with Gasteiger partial charge >= 0.3 is 0 Å². The number of hydrogen-bond donors (Lipinski definition) is 4. The molecule has 0 fully saturated rings. The molecule has 2 unspecified atom stereocenters. The number of carbonyl (C=O) groups is 2. The normalized spacial score (nSPS) is 12.7. The van der Waals surface area contributed by atoms with Gasteiger partial charge in [-0.3, -0.25) is 13.8 Å². The Labute approximate surface area is 177 Å². The molecule has 0 aliphatic rings. The van der Waals surface area contributed by atoms with Crippen LogP contribution in [0, 0.1) is 0 Å². The van der Waals surface area contributed by atoms with Gasteiger partial charge in [0.15, 0.2) is 33.7 Å². The minimum atomic E-state index is -2.26. The van der Waals surface area contributed by atoms with E-state index >= 15 is 0 Å². The Morgan fingerprint density at radius 3 is 1.90 bits per heavy atom. The van der Waals surface area contributed by atoms with Crippen molar-refractivity contribution in [2.24, 2.45) is 0 Å². The zero-order valence-electron chi connectivity index (χ0n) is 16.0. The average molecular weight is 456 g/mol. The molecule has 0 saturated heterocycles. The molecule has 0 saturated carbocycles. The number of anilines is 2. The van der Waals surface area contributed by atoms with Gasteiger partial charge in [0.2, 0.25) is 11.8 Å². The first-order valence-electron chi connectivity index (χ1n) is 8.49. The second-order valence-corrected chi connectivity index (χ2v) is 7.96. The molecule has 2 amide bonds. The average Bonchev–Trinajstić information content (AvgIpc) is 2.67. The molecule has 4 N–H and O–H groups in total. The third-order valence-electron chi connectivity index (χ3n) is 3.42. The van der Waals surface area contributed by atoms with E-state index in [-0.39, 0.29) is 45.9 Å². The van der Waals surface area contributed by atoms with Crippen LogP contribution in [-0.4, -0.2) is 43.1 Å². The van der Waals surface area contributed by atoms with E-state index in [2.05, 4.69) is 10.6 Å². The Balaban J connectivity index is 2.43. The highest BCUT2D eigenvalue weighted by atomic mass is 32.2. The lowest BCUT2D eigenvalue weighted by atomic mass is 10.2. The highest BCUT2D eigenvalue weighted by Gasteiger charge is 2.15. The third kappa shape index (κ3) is 6.71. The van der Waals surface area contributed by atoms with Crippen molar-refractivity contribution >= 4 is 45.4 Å². The lowest BCUT2D eigenvalue weighted by molar-refractivity contribution is -0.115. The molecule has 0 aliphatic heterocycles. The zero-order chi connectivity index (χ0) is 22.3. The quantitative estimate of drug-likeness (QED) is 0.418. The highest BCUT2D eigenvalue weighted by molar-refractivity contribution is 7.80. The minimum Gasteiger partial charge on any atom is -0.453 e. The molecule has 2 aromatic rings. The van der Waals surface area contributed by atoms with Gasteiger partial charge in [0, 0.05) is 13.8 Å². The van der Waals surface area contributed by atoms with Crippen molar-refractivity contribution in [3.05, 3.63) is 36.4 Å². The van der Waals surface area contributed by atoms with Crippen LogP contribution in [0.1, 0.15) is 13.8 Å². The minimum absolute atomic E-state index is 0.0555. The summed E-state index contributed by atoms with van der Waals surface area (Å²) in [6.45, 7) is 2.13. The second kappa shape index (κ2) is 10.9. The molecule has 0 bridgehead atoms. The molecule has 0 radical (unpaired) electrons. The van der Waals surface area contributed by atoms with E-state index in [1.807, 2.05) is 0 Å². The molecular formula is C18H20N2O8S2. The van der Waals surface area contributed by atoms with Crippen molar-refractivity contribution in [2.75, 3.05) is 23.8 Å². The van der Waals surface area contributed by atoms with Gasteiger partial charge in [-0.25, -0.2) is 8.42 Å². The maximum absolute atomic E-state index is 12.1. The lowest BCUT2D eigenvalue weighted by Crippen LogP contribution is -2.10. The van der Waals surface area contributed by atoms with Gasteiger partial charge in [-0.05, 0) is 36.4 Å². The van der Waals surface area contributed by atoms with Gasteiger partial charge in [0.1, 0.15) is 0 Å². The van der Waals surface area contributed by atoms with Crippen LogP contribution in [0.5, 0.6) is 11.5 Å². The summed E-state index contributed by atoms with van der Waals surface area (Å²) in [4.78, 5) is 23.4. The summed E-state index contributed by atoms with van der Waals surface area (Å²) in [7, 11) is 0. The first-order valence-corrected chi connectivity index (χ1v) is 10.7. The monoisotopic (exact) mass is 456 g/mol. The van der Waals surface area contributed by atoms with E-state index in [1.54, 1.807) is 0 Å². The molecule has 0 aromatic heterocycles. The van der Waals surface area contributed by atoms with E-state index in [9.17, 15) is 22.6 Å². The van der Waals surface area contributed by atoms with Crippen molar-refractivity contribution in [1.82, 2.24) is 0 Å². The molecule has 2 aromatic carbocycles. The van der Waals surface area contributed by atoms with Crippen LogP contribution < -0.4 is 15.4 Å². The fourth-order valence-corrected chi connectivity index (χ4v) is 3.44. The molecular weight excluding hydrogens is 436 g/mol. The number of aliphatic hydroxyl groups is 1. The van der Waals surface area contributed by atoms with Crippen molar-refractivity contribution in [2.45, 2.75) is 23.6 Å². The topological polar surface area (TPSA) is 151 Å². The molecule has 2 rings (SSSR count). The standard InChI is InChI=1S/C18H20N2O8S2/c1-11(22)19-15-9-13(29(24)25)3-5-17(15)28-18-6-4-14(30(26)27-8-7-21)10-16(18)20-12(2)23/h3-6,9-10,21H,7-8H2,1-2H3,(H,19,22)(H,20,23)(H,24,25). The van der Waals surface area contributed by atoms with E-state index in [4.69, 9.17) is 14.0 Å². The third-order valence-corrected chi connectivity index (χ3v) is 5.10. The van der Waals surface area contributed by atoms with Crippen LogP contribution in [0.15, 0.2) is 46.2 Å². The van der Waals surface area contributed by atoms with E-state index in [0.717, 1.165) is 0 Å². The molecule has 0 spiro atoms. The van der Waals surface area contributed by atoms with Gasteiger partial charge in [-0.15, -0.1) is 0 Å². The molecule has 0 aliphatic carbocycles. The van der Waals surface area contributed by atoms with Crippen LogP contribution >= 0.6 is 0 Å². The molecule has 12 heteroatoms. The number of hydrogen-bond acceptors (Lipinski definition) is 7. The van der Waals surface area contributed by atoms with E-state index in [1.165, 1.54) is 50.2 Å². The van der Waals surface area contributed by atoms with Crippen LogP contribution in [0.4, 0.5) is 11.4 Å². The number of carbonyl (C=O) groups excluding carboxylic acids is 2. The van der Waals surface area contributed by atoms with Crippen LogP contribution in [0.2, 0.25) is 0 Å². The summed E-state index contributed by atoms with van der Waals surface area (Å²) < 4.78 is 43.5. The lowest BCUT2D eigenvalue weighted by Gasteiger charge is -2.16. The maximum atomic E-state index is 12.1. The number of nitrogens with one attached hydrogen (secondary N) is 2. The van der Waals surface area contributed by atoms with Crippen LogP contribution in [0.25, 0.3) is 0 Å². The zero-order valence-corrected chi connectivity index (χ0v) is 17.7. The van der Waals surface area contributed by atoms with Crippen molar-refractivity contribution in [1.29, 1.82) is 0 Å². The fourth-order valence-electron chi connectivity index (χ4n) is 2.28. The van der Waals surface area contributed by atoms with Crippen molar-refractivity contribution in [3.63, 3.8) is 0 Å². The Morgan fingerprint density at radius 1 is 0.933 bits per heavy atom. The van der Waals surface area contributed by atoms with E-state index in [0.29, 0.717) is 0 Å². The number of rotatable bonds is 9. The smallest absolute Gasteiger partial charge is 0.221 e. The predicted molar refractivity (Wildman–Crippen MR) is 110 cm³/mol. The molecule has 30 heavy (non-hydrogen) atoms. The largest absolute Gasteiger partial charge is 0.453 e. The van der Waals surface area contributed by atoms with Crippen molar-refractivity contribution in [3.8, 4) is 11.5 Å². The summed E-state index contributed by atoms with van der Waals surface area (Å²) in [5.74, 6) is -0.518. The fraction of sp³-hybridized carbons (Fsp3) is 0.222. The van der Waals surface area contributed by atoms with Crippen LogP contribution in [-0.2, 0) is 35.9 Å². The van der Waals surface area contributed by atoms with E-state index < -0.39 is 34.0 Å². The molecule has 2 atom stereocenters. The summed E-state index contributed by atoms with van der Waals surface area (Å²) >= 11 is -4.13. The first-order chi connectivity index (χ1) is 14.2. The molecule has 0 heterocycles. The van der Waals surface area contributed by atoms with Gasteiger partial charge in [-0.2, -0.15) is 0 Å². The van der Waals surface area contributed by atoms with Crippen LogP contribution in [0.3, 0.4) is 0 Å². The Bertz CT molecular complexity index is 996. The summed E-state index contributed by atoms with van der Waals surface area (Å²) in [5, 5.41) is 13.9. The number of aliphatic hydroxyl groups excluding tert-OH is 1. The summed E-state index contributed by atoms with van der Waals surface area (Å²) in [6, 6.07) is 8.31. The predicted octanol–water partition coefficient (Wildman–Crippen LogP) is 2.01. The number of amides is 2.